The fourth-order valence-corrected chi connectivity index (χ4v) is 2.73. The molecule has 0 atom stereocenters. The van der Waals surface area contributed by atoms with Gasteiger partial charge in [0.15, 0.2) is 0 Å². The number of nitrogens with one attached hydrogen (secondary N) is 1. The summed E-state index contributed by atoms with van der Waals surface area (Å²) in [6, 6.07) is 4.57. The number of hydrogen-bond acceptors (Lipinski definition) is 1. The summed E-state index contributed by atoms with van der Waals surface area (Å²) in [5, 5.41) is 1.42. The van der Waals surface area contributed by atoms with Crippen molar-refractivity contribution >= 4 is 10.9 Å². The lowest BCUT2D eigenvalue weighted by molar-refractivity contribution is 0.400. The zero-order valence-corrected chi connectivity index (χ0v) is 12.2. The lowest BCUT2D eigenvalue weighted by atomic mass is 10.0. The van der Waals surface area contributed by atoms with Crippen LogP contribution < -0.4 is 0 Å². The van der Waals surface area contributed by atoms with E-state index in [9.17, 15) is 0 Å². The number of fused-ring (bicyclic) bond motifs is 1. The van der Waals surface area contributed by atoms with Crippen LogP contribution in [0.15, 0.2) is 12.1 Å². The fraction of sp³-hybridized carbons (Fsp3) is 0.500. The number of rotatable bonds is 4. The Balaban J connectivity index is 2.34. The molecule has 0 aliphatic carbocycles. The van der Waals surface area contributed by atoms with Crippen LogP contribution >= 0.6 is 0 Å². The van der Waals surface area contributed by atoms with Gasteiger partial charge in [0.05, 0.1) is 0 Å². The molecule has 0 bridgehead atoms. The maximum Gasteiger partial charge on any atom is 0.0488 e. The molecule has 0 saturated carbocycles. The van der Waals surface area contributed by atoms with E-state index in [1.165, 1.54) is 39.7 Å². The molecule has 2 aromatic rings. The van der Waals surface area contributed by atoms with Gasteiger partial charge in [-0.25, -0.2) is 0 Å². The topological polar surface area (TPSA) is 19.0 Å². The van der Waals surface area contributed by atoms with Gasteiger partial charge in [0, 0.05) is 16.6 Å². The largest absolute Gasteiger partial charge is 0.358 e. The molecule has 0 aliphatic heterocycles. The minimum absolute atomic E-state index is 1.15. The van der Waals surface area contributed by atoms with E-state index in [4.69, 9.17) is 0 Å². The predicted molar refractivity (Wildman–Crippen MR) is 79.4 cm³/mol. The van der Waals surface area contributed by atoms with E-state index in [1.807, 2.05) is 0 Å². The SMILES string of the molecule is Cc1cc(C)c2[nH]c(C)c(CCCN(C)C)c2c1. The second kappa shape index (κ2) is 5.15. The fourth-order valence-electron chi connectivity index (χ4n) is 2.73. The van der Waals surface area contributed by atoms with Gasteiger partial charge >= 0.3 is 0 Å². The van der Waals surface area contributed by atoms with E-state index in [0.717, 1.165) is 13.0 Å². The van der Waals surface area contributed by atoms with Gasteiger partial charge in [-0.15, -0.1) is 0 Å². The summed E-state index contributed by atoms with van der Waals surface area (Å²) < 4.78 is 0. The van der Waals surface area contributed by atoms with Gasteiger partial charge < -0.3 is 9.88 Å². The van der Waals surface area contributed by atoms with E-state index in [1.54, 1.807) is 0 Å². The van der Waals surface area contributed by atoms with Crippen LogP contribution in [0, 0.1) is 20.8 Å². The van der Waals surface area contributed by atoms with Crippen LogP contribution in [0.3, 0.4) is 0 Å². The first-order valence-electron chi connectivity index (χ1n) is 6.72. The minimum atomic E-state index is 1.15. The second-order valence-corrected chi connectivity index (χ2v) is 5.64. The Morgan fingerprint density at radius 1 is 1.11 bits per heavy atom. The van der Waals surface area contributed by atoms with Crippen LogP contribution in [0.2, 0.25) is 0 Å². The number of H-pyrrole nitrogens is 1. The molecule has 0 fully saturated rings. The zero-order valence-electron chi connectivity index (χ0n) is 12.2. The number of aromatic nitrogens is 1. The third kappa shape index (κ3) is 2.59. The molecule has 2 rings (SSSR count). The third-order valence-electron chi connectivity index (χ3n) is 3.60. The maximum absolute atomic E-state index is 3.55. The summed E-state index contributed by atoms with van der Waals surface area (Å²) in [6.45, 7) is 7.71. The molecule has 0 spiro atoms. The van der Waals surface area contributed by atoms with Gasteiger partial charge in [-0.2, -0.15) is 0 Å². The first-order chi connectivity index (χ1) is 8.49. The molecule has 0 saturated heterocycles. The van der Waals surface area contributed by atoms with Gasteiger partial charge in [0.2, 0.25) is 0 Å². The van der Waals surface area contributed by atoms with Crippen molar-refractivity contribution in [3.63, 3.8) is 0 Å². The first-order valence-corrected chi connectivity index (χ1v) is 6.72. The van der Waals surface area contributed by atoms with E-state index < -0.39 is 0 Å². The number of benzene rings is 1. The Labute approximate surface area is 110 Å². The second-order valence-electron chi connectivity index (χ2n) is 5.64. The highest BCUT2D eigenvalue weighted by Gasteiger charge is 2.10. The van der Waals surface area contributed by atoms with Crippen molar-refractivity contribution in [1.29, 1.82) is 0 Å². The Kier molecular flexibility index (Phi) is 3.76. The number of hydrogen-bond donors (Lipinski definition) is 1. The molecule has 0 amide bonds. The summed E-state index contributed by atoms with van der Waals surface area (Å²) in [4.78, 5) is 5.80. The van der Waals surface area contributed by atoms with Gasteiger partial charge in [-0.05, 0) is 71.4 Å². The van der Waals surface area contributed by atoms with Crippen molar-refractivity contribution in [2.24, 2.45) is 0 Å². The molecular formula is C16H24N2. The van der Waals surface area contributed by atoms with Crippen LogP contribution in [0.5, 0.6) is 0 Å². The lowest BCUT2D eigenvalue weighted by Gasteiger charge is -2.09. The van der Waals surface area contributed by atoms with Crippen LogP contribution in [0.4, 0.5) is 0 Å². The van der Waals surface area contributed by atoms with E-state index in [0.29, 0.717) is 0 Å². The highest BCUT2D eigenvalue weighted by molar-refractivity contribution is 5.87. The van der Waals surface area contributed by atoms with Crippen LogP contribution in [-0.4, -0.2) is 30.5 Å². The Hall–Kier alpha value is -1.28. The number of aromatic amines is 1. The average molecular weight is 244 g/mol. The molecule has 1 aromatic heterocycles. The van der Waals surface area contributed by atoms with Gasteiger partial charge in [-0.1, -0.05) is 11.6 Å². The van der Waals surface area contributed by atoms with Crippen molar-refractivity contribution in [2.75, 3.05) is 20.6 Å². The Morgan fingerprint density at radius 2 is 1.83 bits per heavy atom. The monoisotopic (exact) mass is 244 g/mol. The Bertz CT molecular complexity index is 550. The van der Waals surface area contributed by atoms with Crippen LogP contribution in [-0.2, 0) is 6.42 Å². The van der Waals surface area contributed by atoms with Crippen molar-refractivity contribution in [2.45, 2.75) is 33.6 Å². The first kappa shape index (κ1) is 13.2. The summed E-state index contributed by atoms with van der Waals surface area (Å²) in [6.07, 6.45) is 2.38. The zero-order chi connectivity index (χ0) is 13.3. The van der Waals surface area contributed by atoms with E-state index in [2.05, 4.69) is 56.9 Å². The molecule has 1 N–H and O–H groups in total. The molecule has 0 radical (unpaired) electrons. The molecule has 2 nitrogen and oxygen atoms in total. The minimum Gasteiger partial charge on any atom is -0.358 e. The summed E-state index contributed by atoms with van der Waals surface area (Å²) >= 11 is 0. The number of aryl methyl sites for hydroxylation is 4. The normalized spacial score (nSPS) is 11.7. The highest BCUT2D eigenvalue weighted by atomic mass is 15.0. The summed E-state index contributed by atoms with van der Waals surface area (Å²) in [7, 11) is 4.27. The quantitative estimate of drug-likeness (QED) is 0.871. The molecule has 1 aromatic carbocycles. The molecular weight excluding hydrogens is 220 g/mol. The van der Waals surface area contributed by atoms with Crippen molar-refractivity contribution in [3.05, 3.63) is 34.5 Å². The van der Waals surface area contributed by atoms with Crippen molar-refractivity contribution in [1.82, 2.24) is 9.88 Å². The Morgan fingerprint density at radius 3 is 2.50 bits per heavy atom. The maximum atomic E-state index is 3.55. The van der Waals surface area contributed by atoms with Gasteiger partial charge in [0.1, 0.15) is 0 Å². The molecule has 18 heavy (non-hydrogen) atoms. The highest BCUT2D eigenvalue weighted by Crippen LogP contribution is 2.27. The predicted octanol–water partition coefficient (Wildman–Crippen LogP) is 3.59. The third-order valence-corrected chi connectivity index (χ3v) is 3.60. The van der Waals surface area contributed by atoms with Gasteiger partial charge in [-0.3, -0.25) is 0 Å². The molecule has 0 unspecified atom stereocenters. The van der Waals surface area contributed by atoms with Crippen molar-refractivity contribution < 1.29 is 0 Å². The molecule has 98 valence electrons. The standard InChI is InChI=1S/C16H24N2/c1-11-9-12(2)16-15(10-11)14(13(3)17-16)7-6-8-18(4)5/h9-10,17H,6-8H2,1-5H3. The van der Waals surface area contributed by atoms with Gasteiger partial charge in [0.25, 0.3) is 0 Å². The lowest BCUT2D eigenvalue weighted by Crippen LogP contribution is -2.13. The summed E-state index contributed by atoms with van der Waals surface area (Å²) in [5.74, 6) is 0. The molecule has 2 heteroatoms. The number of nitrogens with zero attached hydrogens (tertiary/aromatic N) is 1. The van der Waals surface area contributed by atoms with Crippen molar-refractivity contribution in [3.8, 4) is 0 Å². The average Bonchev–Trinajstić information content (AvgIpc) is 2.56. The molecule has 1 heterocycles. The smallest absolute Gasteiger partial charge is 0.0488 e. The van der Waals surface area contributed by atoms with E-state index >= 15 is 0 Å². The van der Waals surface area contributed by atoms with Crippen LogP contribution in [0.1, 0.15) is 28.8 Å². The summed E-state index contributed by atoms with van der Waals surface area (Å²) in [5.41, 5.74) is 6.86. The molecule has 0 aliphatic rings. The van der Waals surface area contributed by atoms with Crippen LogP contribution in [0.25, 0.3) is 10.9 Å². The van der Waals surface area contributed by atoms with E-state index in [-0.39, 0.29) is 0 Å².